The van der Waals surface area contributed by atoms with Crippen molar-refractivity contribution in [3.05, 3.63) is 64.5 Å². The summed E-state index contributed by atoms with van der Waals surface area (Å²) in [5, 5.41) is 2.33. The van der Waals surface area contributed by atoms with Crippen molar-refractivity contribution in [2.24, 2.45) is 0 Å². The van der Waals surface area contributed by atoms with Crippen LogP contribution in [0.15, 0.2) is 57.7 Å². The van der Waals surface area contributed by atoms with E-state index in [0.717, 1.165) is 0 Å². The fraction of sp³-hybridized carbons (Fsp3) is 0.190. The summed E-state index contributed by atoms with van der Waals surface area (Å²) >= 11 is 0. The van der Waals surface area contributed by atoms with Gasteiger partial charge in [0.25, 0.3) is 5.91 Å². The zero-order valence-corrected chi connectivity index (χ0v) is 15.9. The average molecular weight is 397 g/mol. The van der Waals surface area contributed by atoms with E-state index in [1.54, 1.807) is 38.1 Å². The van der Waals surface area contributed by atoms with Gasteiger partial charge < -0.3 is 18.6 Å². The van der Waals surface area contributed by atoms with E-state index in [1.165, 1.54) is 18.2 Å². The SMILES string of the molecule is CCOC(=O)NC(=O)COc1ccc2c(=O)c(Oc3ccccc3)c(C)oc2c1. The van der Waals surface area contributed by atoms with E-state index in [1.807, 2.05) is 11.4 Å². The number of alkyl carbamates (subject to hydrolysis) is 1. The van der Waals surface area contributed by atoms with E-state index in [0.29, 0.717) is 22.6 Å². The lowest BCUT2D eigenvalue weighted by Crippen LogP contribution is -2.34. The molecule has 1 heterocycles. The van der Waals surface area contributed by atoms with Gasteiger partial charge in [0, 0.05) is 6.07 Å². The summed E-state index contributed by atoms with van der Waals surface area (Å²) in [7, 11) is 0. The van der Waals surface area contributed by atoms with Crippen LogP contribution in [0.1, 0.15) is 12.7 Å². The number of hydrogen-bond donors (Lipinski definition) is 1. The molecule has 29 heavy (non-hydrogen) atoms. The average Bonchev–Trinajstić information content (AvgIpc) is 2.70. The van der Waals surface area contributed by atoms with Crippen LogP contribution in [0.3, 0.4) is 0 Å². The number of hydrogen-bond acceptors (Lipinski definition) is 7. The third-order valence-electron chi connectivity index (χ3n) is 3.84. The summed E-state index contributed by atoms with van der Waals surface area (Å²) < 4.78 is 21.4. The molecule has 0 saturated carbocycles. The maximum absolute atomic E-state index is 12.8. The monoisotopic (exact) mass is 397 g/mol. The van der Waals surface area contributed by atoms with Gasteiger partial charge in [0.1, 0.15) is 22.8 Å². The molecule has 0 bridgehead atoms. The Kier molecular flexibility index (Phi) is 6.13. The maximum Gasteiger partial charge on any atom is 0.413 e. The normalized spacial score (nSPS) is 10.4. The van der Waals surface area contributed by atoms with Gasteiger partial charge in [0.15, 0.2) is 6.61 Å². The number of carbonyl (C=O) groups excluding carboxylic acids is 2. The molecule has 2 amide bonds. The number of ether oxygens (including phenoxy) is 3. The number of imide groups is 1. The molecule has 0 atom stereocenters. The highest BCUT2D eigenvalue weighted by molar-refractivity contribution is 5.92. The lowest BCUT2D eigenvalue weighted by Gasteiger charge is -2.10. The molecule has 1 N–H and O–H groups in total. The predicted molar refractivity (Wildman–Crippen MR) is 104 cm³/mol. The van der Waals surface area contributed by atoms with Crippen molar-refractivity contribution in [3.8, 4) is 17.2 Å². The van der Waals surface area contributed by atoms with Gasteiger partial charge in [-0.1, -0.05) is 18.2 Å². The number of nitrogens with one attached hydrogen (secondary N) is 1. The van der Waals surface area contributed by atoms with Crippen LogP contribution in [-0.2, 0) is 9.53 Å². The highest BCUT2D eigenvalue weighted by atomic mass is 16.5. The number of fused-ring (bicyclic) bond motifs is 1. The van der Waals surface area contributed by atoms with E-state index in [2.05, 4.69) is 4.74 Å². The summed E-state index contributed by atoms with van der Waals surface area (Å²) in [6, 6.07) is 13.5. The molecular weight excluding hydrogens is 378 g/mol. The molecule has 8 nitrogen and oxygen atoms in total. The zero-order chi connectivity index (χ0) is 20.8. The van der Waals surface area contributed by atoms with Gasteiger partial charge in [-0.2, -0.15) is 0 Å². The molecule has 0 aliphatic carbocycles. The van der Waals surface area contributed by atoms with Crippen molar-refractivity contribution in [2.75, 3.05) is 13.2 Å². The summed E-state index contributed by atoms with van der Waals surface area (Å²) in [5.74, 6) is 0.577. The van der Waals surface area contributed by atoms with Crippen LogP contribution >= 0.6 is 0 Å². The van der Waals surface area contributed by atoms with E-state index < -0.39 is 18.6 Å². The highest BCUT2D eigenvalue weighted by Crippen LogP contribution is 2.27. The van der Waals surface area contributed by atoms with E-state index in [9.17, 15) is 14.4 Å². The summed E-state index contributed by atoms with van der Waals surface area (Å²) in [5.41, 5.74) is -0.0320. The van der Waals surface area contributed by atoms with Gasteiger partial charge in [-0.15, -0.1) is 0 Å². The number of rotatable bonds is 6. The first kappa shape index (κ1) is 19.9. The Morgan fingerprint density at radius 2 is 1.83 bits per heavy atom. The maximum atomic E-state index is 12.8. The van der Waals surface area contributed by atoms with Crippen LogP contribution in [0.2, 0.25) is 0 Å². The van der Waals surface area contributed by atoms with E-state index >= 15 is 0 Å². The largest absolute Gasteiger partial charge is 0.484 e. The molecule has 0 spiro atoms. The second-order valence-corrected chi connectivity index (χ2v) is 5.95. The van der Waals surface area contributed by atoms with Gasteiger partial charge in [0.05, 0.1) is 12.0 Å². The van der Waals surface area contributed by atoms with Gasteiger partial charge in [-0.05, 0) is 38.1 Å². The van der Waals surface area contributed by atoms with Crippen LogP contribution in [0.25, 0.3) is 11.0 Å². The summed E-state index contributed by atoms with van der Waals surface area (Å²) in [6.45, 7) is 3.00. The third-order valence-corrected chi connectivity index (χ3v) is 3.84. The fourth-order valence-electron chi connectivity index (χ4n) is 2.55. The van der Waals surface area contributed by atoms with Crippen molar-refractivity contribution < 1.29 is 28.2 Å². The summed E-state index contributed by atoms with van der Waals surface area (Å²) in [4.78, 5) is 35.6. The van der Waals surface area contributed by atoms with Crippen molar-refractivity contribution in [2.45, 2.75) is 13.8 Å². The molecule has 2 aromatic carbocycles. The quantitative estimate of drug-likeness (QED) is 0.678. The van der Waals surface area contributed by atoms with Crippen molar-refractivity contribution >= 4 is 23.0 Å². The Morgan fingerprint density at radius 3 is 2.55 bits per heavy atom. The molecule has 0 radical (unpaired) electrons. The van der Waals surface area contributed by atoms with E-state index in [-0.39, 0.29) is 23.4 Å². The van der Waals surface area contributed by atoms with Gasteiger partial charge in [-0.3, -0.25) is 14.9 Å². The Morgan fingerprint density at radius 1 is 1.07 bits per heavy atom. The number of para-hydroxylation sites is 1. The van der Waals surface area contributed by atoms with Crippen LogP contribution in [0.4, 0.5) is 4.79 Å². The molecule has 0 aliphatic heterocycles. The lowest BCUT2D eigenvalue weighted by molar-refractivity contribution is -0.122. The third kappa shape index (κ3) is 4.92. The van der Waals surface area contributed by atoms with E-state index in [4.69, 9.17) is 13.9 Å². The Hall–Kier alpha value is -3.81. The van der Waals surface area contributed by atoms with Crippen LogP contribution in [-0.4, -0.2) is 25.2 Å². The highest BCUT2D eigenvalue weighted by Gasteiger charge is 2.15. The predicted octanol–water partition coefficient (Wildman–Crippen LogP) is 3.55. The van der Waals surface area contributed by atoms with Gasteiger partial charge in [0.2, 0.25) is 11.2 Å². The minimum atomic E-state index is -0.841. The fourth-order valence-corrected chi connectivity index (χ4v) is 2.55. The van der Waals surface area contributed by atoms with Crippen molar-refractivity contribution in [3.63, 3.8) is 0 Å². The first-order chi connectivity index (χ1) is 14.0. The molecule has 3 rings (SSSR count). The molecule has 3 aromatic rings. The smallest absolute Gasteiger partial charge is 0.413 e. The molecule has 8 heteroatoms. The number of benzene rings is 2. The minimum Gasteiger partial charge on any atom is -0.484 e. The first-order valence-electron chi connectivity index (χ1n) is 8.87. The first-order valence-corrected chi connectivity index (χ1v) is 8.87. The van der Waals surface area contributed by atoms with Crippen molar-refractivity contribution in [1.29, 1.82) is 0 Å². The Balaban J connectivity index is 1.77. The molecular formula is C21H19NO7. The number of aryl methyl sites for hydroxylation is 1. The molecule has 0 aliphatic rings. The Labute approximate surface area is 166 Å². The van der Waals surface area contributed by atoms with Crippen LogP contribution in [0, 0.1) is 6.92 Å². The van der Waals surface area contributed by atoms with Crippen LogP contribution in [0.5, 0.6) is 17.2 Å². The molecule has 0 unspecified atom stereocenters. The summed E-state index contributed by atoms with van der Waals surface area (Å²) in [6.07, 6.45) is -0.841. The number of amides is 2. The molecule has 0 saturated heterocycles. The van der Waals surface area contributed by atoms with Crippen molar-refractivity contribution in [1.82, 2.24) is 5.32 Å². The zero-order valence-electron chi connectivity index (χ0n) is 15.9. The van der Waals surface area contributed by atoms with Crippen LogP contribution < -0.4 is 20.2 Å². The molecule has 1 aromatic heterocycles. The second kappa shape index (κ2) is 8.92. The molecule has 150 valence electrons. The second-order valence-electron chi connectivity index (χ2n) is 5.95. The molecule has 0 fully saturated rings. The minimum absolute atomic E-state index is 0.103. The number of carbonyl (C=O) groups is 2. The van der Waals surface area contributed by atoms with Gasteiger partial charge in [-0.25, -0.2) is 4.79 Å². The Bertz CT molecular complexity index is 1090. The topological polar surface area (TPSA) is 104 Å². The van der Waals surface area contributed by atoms with Gasteiger partial charge >= 0.3 is 6.09 Å². The lowest BCUT2D eigenvalue weighted by atomic mass is 10.2. The standard InChI is InChI=1S/C21H19NO7/c1-3-26-21(25)22-18(23)12-27-15-9-10-16-17(11-15)28-13(2)20(19(16)24)29-14-7-5-4-6-8-14/h4-11H,3,12H2,1-2H3,(H,22,23,25).